The Bertz CT molecular complexity index is 465. The van der Waals surface area contributed by atoms with Gasteiger partial charge in [-0.15, -0.1) is 0 Å². The van der Waals surface area contributed by atoms with Crippen LogP contribution in [0, 0.1) is 0 Å². The molecule has 0 bridgehead atoms. The Kier molecular flexibility index (Phi) is 5.43. The van der Waals surface area contributed by atoms with Crippen LogP contribution in [0.1, 0.15) is 5.56 Å². The monoisotopic (exact) mass is 302 g/mol. The lowest BCUT2D eigenvalue weighted by molar-refractivity contribution is -0.134. The first kappa shape index (κ1) is 15.5. The predicted octanol–water partition coefficient (Wildman–Crippen LogP) is 0.236. The molecule has 0 saturated carbocycles. The van der Waals surface area contributed by atoms with Crippen molar-refractivity contribution in [2.45, 2.75) is 6.54 Å². The number of hydrogen-bond donors (Lipinski definition) is 1. The molecule has 0 aliphatic carbocycles. The van der Waals surface area contributed by atoms with Crippen molar-refractivity contribution in [2.75, 3.05) is 58.9 Å². The fraction of sp³-hybridized carbons (Fsp3) is 0.588. The van der Waals surface area contributed by atoms with Crippen LogP contribution in [0.15, 0.2) is 30.3 Å². The van der Waals surface area contributed by atoms with E-state index in [1.807, 2.05) is 4.90 Å². The summed E-state index contributed by atoms with van der Waals surface area (Å²) in [6.07, 6.45) is 0. The van der Waals surface area contributed by atoms with Gasteiger partial charge in [-0.1, -0.05) is 30.3 Å². The van der Waals surface area contributed by atoms with E-state index in [1.54, 1.807) is 0 Å². The van der Waals surface area contributed by atoms with Gasteiger partial charge in [-0.25, -0.2) is 0 Å². The molecular formula is C17H26N4O. The molecule has 1 amide bonds. The summed E-state index contributed by atoms with van der Waals surface area (Å²) in [4.78, 5) is 19.1. The normalized spacial score (nSPS) is 21.0. The molecule has 3 rings (SSSR count). The molecule has 0 radical (unpaired) electrons. The van der Waals surface area contributed by atoms with Crippen LogP contribution in [-0.4, -0.2) is 79.5 Å². The number of nitrogens with zero attached hydrogens (tertiary/aromatic N) is 3. The molecule has 0 unspecified atom stereocenters. The minimum atomic E-state index is 0.293. The first-order valence-corrected chi connectivity index (χ1v) is 8.28. The van der Waals surface area contributed by atoms with Gasteiger partial charge in [-0.05, 0) is 5.56 Å². The zero-order chi connectivity index (χ0) is 15.2. The van der Waals surface area contributed by atoms with Crippen molar-refractivity contribution in [2.24, 2.45) is 0 Å². The van der Waals surface area contributed by atoms with Crippen molar-refractivity contribution in [1.82, 2.24) is 20.0 Å². The van der Waals surface area contributed by atoms with E-state index >= 15 is 0 Å². The minimum Gasteiger partial charge on any atom is -0.339 e. The second-order valence-electron chi connectivity index (χ2n) is 6.17. The van der Waals surface area contributed by atoms with E-state index in [1.165, 1.54) is 5.56 Å². The Morgan fingerprint density at radius 1 is 0.909 bits per heavy atom. The van der Waals surface area contributed by atoms with Gasteiger partial charge in [0.05, 0.1) is 6.54 Å². The molecule has 5 nitrogen and oxygen atoms in total. The van der Waals surface area contributed by atoms with E-state index in [0.717, 1.165) is 58.9 Å². The van der Waals surface area contributed by atoms with Crippen molar-refractivity contribution >= 4 is 5.91 Å². The highest BCUT2D eigenvalue weighted by Crippen LogP contribution is 2.09. The van der Waals surface area contributed by atoms with Crippen LogP contribution in [0.25, 0.3) is 0 Å². The number of benzene rings is 1. The van der Waals surface area contributed by atoms with Gasteiger partial charge >= 0.3 is 0 Å². The quantitative estimate of drug-likeness (QED) is 0.865. The average molecular weight is 302 g/mol. The van der Waals surface area contributed by atoms with Crippen molar-refractivity contribution in [3.05, 3.63) is 35.9 Å². The summed E-state index contributed by atoms with van der Waals surface area (Å²) in [5.41, 5.74) is 1.35. The Labute approximate surface area is 132 Å². The summed E-state index contributed by atoms with van der Waals surface area (Å²) in [6.45, 7) is 9.20. The molecule has 120 valence electrons. The smallest absolute Gasteiger partial charge is 0.236 e. The molecule has 5 heteroatoms. The van der Waals surface area contributed by atoms with E-state index in [-0.39, 0.29) is 0 Å². The zero-order valence-corrected chi connectivity index (χ0v) is 13.2. The highest BCUT2D eigenvalue weighted by atomic mass is 16.2. The van der Waals surface area contributed by atoms with Crippen molar-refractivity contribution in [1.29, 1.82) is 0 Å². The molecular weight excluding hydrogens is 276 g/mol. The summed E-state index contributed by atoms with van der Waals surface area (Å²) in [7, 11) is 0. The van der Waals surface area contributed by atoms with Crippen LogP contribution in [0.2, 0.25) is 0 Å². The van der Waals surface area contributed by atoms with Gasteiger partial charge in [0.15, 0.2) is 0 Å². The lowest BCUT2D eigenvalue weighted by Crippen LogP contribution is -2.53. The molecule has 0 atom stereocenters. The molecule has 2 aliphatic heterocycles. The van der Waals surface area contributed by atoms with Gasteiger partial charge in [0.1, 0.15) is 0 Å². The summed E-state index contributed by atoms with van der Waals surface area (Å²) >= 11 is 0. The molecule has 22 heavy (non-hydrogen) atoms. The Balaban J connectivity index is 1.42. The lowest BCUT2D eigenvalue weighted by Gasteiger charge is -2.36. The van der Waals surface area contributed by atoms with E-state index in [9.17, 15) is 4.79 Å². The van der Waals surface area contributed by atoms with E-state index in [0.29, 0.717) is 12.5 Å². The number of nitrogens with one attached hydrogen (secondary N) is 1. The maximum atomic E-state index is 12.4. The summed E-state index contributed by atoms with van der Waals surface area (Å²) in [5.74, 6) is 0.293. The molecule has 2 aliphatic rings. The van der Waals surface area contributed by atoms with Gasteiger partial charge in [0.2, 0.25) is 5.91 Å². The SMILES string of the molecule is O=C(CN1CCNCC1)N1CCN(Cc2ccccc2)CC1. The van der Waals surface area contributed by atoms with Crippen LogP contribution < -0.4 is 5.32 Å². The summed E-state index contributed by atoms with van der Waals surface area (Å²) in [6, 6.07) is 10.6. The number of piperazine rings is 2. The van der Waals surface area contributed by atoms with Gasteiger partial charge in [-0.2, -0.15) is 0 Å². The third-order valence-corrected chi connectivity index (χ3v) is 4.54. The molecule has 1 aromatic rings. The van der Waals surface area contributed by atoms with E-state index in [4.69, 9.17) is 0 Å². The third kappa shape index (κ3) is 4.29. The van der Waals surface area contributed by atoms with E-state index in [2.05, 4.69) is 45.4 Å². The summed E-state index contributed by atoms with van der Waals surface area (Å²) in [5, 5.41) is 3.32. The number of rotatable bonds is 4. The lowest BCUT2D eigenvalue weighted by atomic mass is 10.2. The highest BCUT2D eigenvalue weighted by Gasteiger charge is 2.23. The fourth-order valence-electron chi connectivity index (χ4n) is 3.16. The minimum absolute atomic E-state index is 0.293. The largest absolute Gasteiger partial charge is 0.339 e. The third-order valence-electron chi connectivity index (χ3n) is 4.54. The Hall–Kier alpha value is -1.43. The maximum Gasteiger partial charge on any atom is 0.236 e. The molecule has 2 fully saturated rings. The molecule has 0 spiro atoms. The van der Waals surface area contributed by atoms with Crippen LogP contribution in [0.5, 0.6) is 0 Å². The van der Waals surface area contributed by atoms with Gasteiger partial charge in [-0.3, -0.25) is 14.6 Å². The first-order chi connectivity index (χ1) is 10.8. The van der Waals surface area contributed by atoms with Crippen molar-refractivity contribution in [3.63, 3.8) is 0 Å². The number of hydrogen-bond acceptors (Lipinski definition) is 4. The van der Waals surface area contributed by atoms with Gasteiger partial charge in [0, 0.05) is 58.9 Å². The molecule has 0 aromatic heterocycles. The molecule has 2 heterocycles. The predicted molar refractivity (Wildman–Crippen MR) is 87.6 cm³/mol. The van der Waals surface area contributed by atoms with Gasteiger partial charge < -0.3 is 10.2 Å². The molecule has 1 aromatic carbocycles. The number of carbonyl (C=O) groups is 1. The second kappa shape index (κ2) is 7.72. The fourth-order valence-corrected chi connectivity index (χ4v) is 3.16. The topological polar surface area (TPSA) is 38.8 Å². The highest BCUT2D eigenvalue weighted by molar-refractivity contribution is 5.78. The van der Waals surface area contributed by atoms with Crippen LogP contribution in [-0.2, 0) is 11.3 Å². The zero-order valence-electron chi connectivity index (χ0n) is 13.2. The second-order valence-corrected chi connectivity index (χ2v) is 6.17. The summed E-state index contributed by atoms with van der Waals surface area (Å²) < 4.78 is 0. The van der Waals surface area contributed by atoms with Gasteiger partial charge in [0.25, 0.3) is 0 Å². The molecule has 1 N–H and O–H groups in total. The van der Waals surface area contributed by atoms with Crippen LogP contribution in [0.4, 0.5) is 0 Å². The number of amides is 1. The first-order valence-electron chi connectivity index (χ1n) is 8.28. The number of carbonyl (C=O) groups excluding carboxylic acids is 1. The average Bonchev–Trinajstić information content (AvgIpc) is 2.57. The molecule has 2 saturated heterocycles. The van der Waals surface area contributed by atoms with E-state index < -0.39 is 0 Å². The Morgan fingerprint density at radius 2 is 1.59 bits per heavy atom. The van der Waals surface area contributed by atoms with Crippen molar-refractivity contribution < 1.29 is 4.79 Å². The Morgan fingerprint density at radius 3 is 2.27 bits per heavy atom. The van der Waals surface area contributed by atoms with Crippen LogP contribution >= 0.6 is 0 Å². The van der Waals surface area contributed by atoms with Crippen LogP contribution in [0.3, 0.4) is 0 Å². The van der Waals surface area contributed by atoms with Crippen molar-refractivity contribution in [3.8, 4) is 0 Å². The maximum absolute atomic E-state index is 12.4. The standard InChI is InChI=1S/C17H26N4O/c22-17(15-19-8-6-18-7-9-19)21-12-10-20(11-13-21)14-16-4-2-1-3-5-16/h1-5,18H,6-15H2.